The molecule has 1 saturated heterocycles. The number of rotatable bonds is 8. The molecule has 0 radical (unpaired) electrons. The first-order chi connectivity index (χ1) is 17.2. The SMILES string of the molecule is CC(=O)OCC1=C(C(=O)O)N2C(=O)[C@@H](NC(=O)C(NC(=O)c3csccc3=O)c3cscn3)[C@H]2SC1. The van der Waals surface area contributed by atoms with Gasteiger partial charge in [0.1, 0.15) is 23.7 Å². The Labute approximate surface area is 215 Å². The first-order valence-corrected chi connectivity index (χ1v) is 13.2. The molecular weight excluding hydrogens is 532 g/mol. The van der Waals surface area contributed by atoms with Crippen LogP contribution in [0, 0.1) is 0 Å². The lowest BCUT2D eigenvalue weighted by atomic mass is 10.0. The molecule has 3 amide bonds. The van der Waals surface area contributed by atoms with E-state index < -0.39 is 52.5 Å². The van der Waals surface area contributed by atoms with Gasteiger partial charge >= 0.3 is 11.9 Å². The lowest BCUT2D eigenvalue weighted by molar-refractivity contribution is -0.151. The maximum Gasteiger partial charge on any atom is 0.352 e. The van der Waals surface area contributed by atoms with Crippen molar-refractivity contribution in [2.45, 2.75) is 24.4 Å². The number of β-lactam (4-membered cyclic amide) rings is 1. The highest BCUT2D eigenvalue weighted by atomic mass is 32.2. The number of hydrogen-bond donors (Lipinski definition) is 3. The maximum atomic E-state index is 13.2. The fourth-order valence-corrected chi connectivity index (χ4v) is 6.14. The number of carbonyl (C=O) groups is 5. The van der Waals surface area contributed by atoms with E-state index in [1.807, 2.05) is 0 Å². The van der Waals surface area contributed by atoms with Gasteiger partial charge in [0.25, 0.3) is 11.8 Å². The third kappa shape index (κ3) is 5.03. The van der Waals surface area contributed by atoms with Crippen LogP contribution in [0.4, 0.5) is 0 Å². The summed E-state index contributed by atoms with van der Waals surface area (Å²) < 4.78 is 4.90. The Hall–Kier alpha value is -3.56. The zero-order valence-electron chi connectivity index (χ0n) is 18.5. The molecule has 2 aromatic rings. The summed E-state index contributed by atoms with van der Waals surface area (Å²) in [5.74, 6) is -3.95. The molecule has 0 spiro atoms. The molecular formula is C21H18N4O8S3. The van der Waals surface area contributed by atoms with Crippen LogP contribution in [0.5, 0.6) is 0 Å². The van der Waals surface area contributed by atoms with E-state index in [4.69, 9.17) is 4.74 Å². The molecule has 1 unspecified atom stereocenters. The van der Waals surface area contributed by atoms with Crippen LogP contribution in [0.25, 0.3) is 0 Å². The molecule has 15 heteroatoms. The number of fused-ring (bicyclic) bond motifs is 1. The van der Waals surface area contributed by atoms with Crippen molar-refractivity contribution >= 4 is 64.1 Å². The number of amides is 3. The Bertz CT molecular complexity index is 1320. The minimum absolute atomic E-state index is 0.138. The smallest absolute Gasteiger partial charge is 0.352 e. The average Bonchev–Trinajstić information content (AvgIpc) is 3.38. The Morgan fingerprint density at radius 3 is 2.67 bits per heavy atom. The first-order valence-electron chi connectivity index (χ1n) is 10.3. The number of carboxylic acid groups (broad SMARTS) is 1. The second-order valence-electron chi connectivity index (χ2n) is 7.59. The van der Waals surface area contributed by atoms with E-state index in [2.05, 4.69) is 15.6 Å². The molecule has 4 rings (SSSR count). The number of thioether (sulfide) groups is 1. The topological polar surface area (TPSA) is 172 Å². The zero-order valence-corrected chi connectivity index (χ0v) is 20.9. The van der Waals surface area contributed by atoms with Gasteiger partial charge < -0.3 is 20.5 Å². The number of esters is 1. The van der Waals surface area contributed by atoms with Crippen molar-refractivity contribution in [1.82, 2.24) is 20.5 Å². The molecule has 0 aliphatic carbocycles. The molecule has 12 nitrogen and oxygen atoms in total. The van der Waals surface area contributed by atoms with Crippen LogP contribution in [0.3, 0.4) is 0 Å². The zero-order chi connectivity index (χ0) is 26.0. The lowest BCUT2D eigenvalue weighted by Gasteiger charge is -2.49. The Morgan fingerprint density at radius 1 is 1.25 bits per heavy atom. The fraction of sp³-hybridized carbons (Fsp3) is 0.286. The van der Waals surface area contributed by atoms with Gasteiger partial charge in [-0.25, -0.2) is 9.78 Å². The quantitative estimate of drug-likeness (QED) is 0.307. The van der Waals surface area contributed by atoms with Crippen LogP contribution in [0.1, 0.15) is 29.0 Å². The minimum atomic E-state index is -1.36. The van der Waals surface area contributed by atoms with Gasteiger partial charge in [0.15, 0.2) is 11.5 Å². The normalized spacial score (nSPS) is 19.6. The average molecular weight is 551 g/mol. The summed E-state index contributed by atoms with van der Waals surface area (Å²) in [6, 6.07) is -1.11. The number of thiazole rings is 1. The van der Waals surface area contributed by atoms with Gasteiger partial charge in [-0.3, -0.25) is 28.9 Å². The largest absolute Gasteiger partial charge is 0.477 e. The molecule has 0 bridgehead atoms. The highest BCUT2D eigenvalue weighted by Gasteiger charge is 2.54. The maximum absolute atomic E-state index is 13.2. The third-order valence-corrected chi connectivity index (χ3v) is 7.89. The molecule has 1 fully saturated rings. The molecule has 3 N–H and O–H groups in total. The highest BCUT2D eigenvalue weighted by molar-refractivity contribution is 8.00. The van der Waals surface area contributed by atoms with E-state index in [0.717, 1.165) is 16.2 Å². The van der Waals surface area contributed by atoms with Gasteiger partial charge in [-0.2, -0.15) is 11.3 Å². The second kappa shape index (κ2) is 10.6. The second-order valence-corrected chi connectivity index (χ2v) is 10.2. The number of hydrogen-bond acceptors (Lipinski definition) is 11. The molecule has 188 valence electrons. The number of nitrogens with zero attached hydrogens (tertiary/aromatic N) is 2. The fourth-order valence-electron chi connectivity index (χ4n) is 3.59. The summed E-state index contributed by atoms with van der Waals surface area (Å²) in [4.78, 5) is 78.9. The van der Waals surface area contributed by atoms with Gasteiger partial charge in [0, 0.05) is 29.0 Å². The number of aromatic nitrogens is 1. The van der Waals surface area contributed by atoms with E-state index in [-0.39, 0.29) is 34.9 Å². The van der Waals surface area contributed by atoms with Crippen LogP contribution in [-0.4, -0.2) is 68.4 Å². The van der Waals surface area contributed by atoms with E-state index >= 15 is 0 Å². The summed E-state index contributed by atoms with van der Waals surface area (Å²) in [6.45, 7) is 0.922. The Balaban J connectivity index is 1.52. The van der Waals surface area contributed by atoms with E-state index in [0.29, 0.717) is 0 Å². The van der Waals surface area contributed by atoms with Crippen molar-refractivity contribution in [2.75, 3.05) is 12.4 Å². The van der Waals surface area contributed by atoms with Crippen molar-refractivity contribution in [3.63, 3.8) is 0 Å². The van der Waals surface area contributed by atoms with Gasteiger partial charge in [-0.05, 0) is 11.4 Å². The molecule has 2 aromatic heterocycles. The first kappa shape index (κ1) is 25.5. The molecule has 36 heavy (non-hydrogen) atoms. The number of ether oxygens (including phenoxy) is 1. The van der Waals surface area contributed by atoms with Crippen molar-refractivity contribution < 1.29 is 33.8 Å². The van der Waals surface area contributed by atoms with E-state index in [1.165, 1.54) is 52.4 Å². The molecule has 0 saturated carbocycles. The molecule has 3 atom stereocenters. The number of aliphatic carboxylic acids is 1. The van der Waals surface area contributed by atoms with E-state index in [9.17, 15) is 33.9 Å². The Morgan fingerprint density at radius 2 is 2.03 bits per heavy atom. The van der Waals surface area contributed by atoms with Crippen LogP contribution >= 0.6 is 34.4 Å². The summed E-state index contributed by atoms with van der Waals surface area (Å²) in [5.41, 5.74) is 1.01. The number of nitrogens with one attached hydrogen (secondary N) is 2. The van der Waals surface area contributed by atoms with Crippen molar-refractivity contribution in [3.05, 3.63) is 60.5 Å². The molecule has 2 aliphatic rings. The number of carboxylic acids is 1. The standard InChI is InChI=1S/C21H18N4O8S3/c1-9(26)33-4-10-5-36-20-15(19(30)25(20)16(10)21(31)32)24-18(29)14(12-7-35-8-22-12)23-17(28)11-6-34-3-2-13(11)27/h2-3,6-8,14-15,20H,4-5H2,1H3,(H,23,28)(H,24,29)(H,31,32)/t14?,15-,20-/m1/s1. The van der Waals surface area contributed by atoms with Crippen LogP contribution in [0.15, 0.2) is 43.8 Å². The van der Waals surface area contributed by atoms with Crippen molar-refractivity contribution in [3.8, 4) is 0 Å². The highest BCUT2D eigenvalue weighted by Crippen LogP contribution is 2.40. The summed E-state index contributed by atoms with van der Waals surface area (Å²) >= 11 is 3.54. The van der Waals surface area contributed by atoms with Crippen LogP contribution < -0.4 is 16.1 Å². The van der Waals surface area contributed by atoms with Crippen LogP contribution in [-0.2, 0) is 23.9 Å². The number of carbonyl (C=O) groups excluding carboxylic acids is 4. The monoisotopic (exact) mass is 550 g/mol. The molecule has 2 aliphatic heterocycles. The van der Waals surface area contributed by atoms with Gasteiger partial charge in [0.2, 0.25) is 5.91 Å². The summed E-state index contributed by atoms with van der Waals surface area (Å²) in [7, 11) is 0. The van der Waals surface area contributed by atoms with Crippen molar-refractivity contribution in [2.24, 2.45) is 0 Å². The van der Waals surface area contributed by atoms with Crippen molar-refractivity contribution in [1.29, 1.82) is 0 Å². The van der Waals surface area contributed by atoms with Gasteiger partial charge in [-0.15, -0.1) is 23.1 Å². The van der Waals surface area contributed by atoms with Gasteiger partial charge in [-0.1, -0.05) is 0 Å². The third-order valence-electron chi connectivity index (χ3n) is 5.28. The van der Waals surface area contributed by atoms with E-state index in [1.54, 1.807) is 5.38 Å². The molecule has 0 aromatic carbocycles. The molecule has 4 heterocycles. The predicted molar refractivity (Wildman–Crippen MR) is 129 cm³/mol. The summed E-state index contributed by atoms with van der Waals surface area (Å²) in [5, 5.41) is 18.5. The van der Waals surface area contributed by atoms with Crippen LogP contribution in [0.2, 0.25) is 0 Å². The summed E-state index contributed by atoms with van der Waals surface area (Å²) in [6.07, 6.45) is 0. The lowest BCUT2D eigenvalue weighted by Crippen LogP contribution is -2.71. The van der Waals surface area contributed by atoms with Gasteiger partial charge in [0.05, 0.1) is 16.8 Å². The minimum Gasteiger partial charge on any atom is -0.477 e. The predicted octanol–water partition coefficient (Wildman–Crippen LogP) is 0.338. The Kier molecular flexibility index (Phi) is 7.51.